The molecule has 1 atom stereocenters. The van der Waals surface area contributed by atoms with E-state index in [0.29, 0.717) is 12.0 Å². The lowest BCUT2D eigenvalue weighted by molar-refractivity contribution is 0.404. The van der Waals surface area contributed by atoms with Crippen LogP contribution in [0.15, 0.2) is 6.07 Å². The number of aromatic nitrogens is 3. The number of rotatable bonds is 2. The molecule has 1 aliphatic carbocycles. The maximum absolute atomic E-state index is 4.89. The second kappa shape index (κ2) is 4.55. The zero-order valence-electron chi connectivity index (χ0n) is 12.3. The van der Waals surface area contributed by atoms with Crippen LogP contribution in [0.25, 0.3) is 5.65 Å². The van der Waals surface area contributed by atoms with Gasteiger partial charge in [-0.25, -0.2) is 9.50 Å². The molecule has 1 N–H and O–H groups in total. The van der Waals surface area contributed by atoms with Crippen molar-refractivity contribution in [1.29, 1.82) is 0 Å². The van der Waals surface area contributed by atoms with Gasteiger partial charge in [-0.3, -0.25) is 0 Å². The Morgan fingerprint density at radius 3 is 2.75 bits per heavy atom. The molecule has 4 nitrogen and oxygen atoms in total. The molecular formula is C16H22N4. The van der Waals surface area contributed by atoms with Crippen LogP contribution in [0.5, 0.6) is 0 Å². The van der Waals surface area contributed by atoms with Crippen molar-refractivity contribution in [1.82, 2.24) is 19.9 Å². The summed E-state index contributed by atoms with van der Waals surface area (Å²) >= 11 is 0. The van der Waals surface area contributed by atoms with Crippen molar-refractivity contribution < 1.29 is 0 Å². The van der Waals surface area contributed by atoms with E-state index < -0.39 is 0 Å². The fourth-order valence-corrected chi connectivity index (χ4v) is 3.36. The number of fused-ring (bicyclic) bond motifs is 1. The molecule has 20 heavy (non-hydrogen) atoms. The third kappa shape index (κ3) is 1.94. The van der Waals surface area contributed by atoms with Crippen LogP contribution in [-0.4, -0.2) is 21.1 Å². The highest BCUT2D eigenvalue weighted by Crippen LogP contribution is 2.42. The zero-order valence-corrected chi connectivity index (χ0v) is 12.3. The predicted molar refractivity (Wildman–Crippen MR) is 79.0 cm³/mol. The second-order valence-corrected chi connectivity index (χ2v) is 6.32. The summed E-state index contributed by atoms with van der Waals surface area (Å²) in [7, 11) is 0. The van der Waals surface area contributed by atoms with Gasteiger partial charge in [0.1, 0.15) is 0 Å². The van der Waals surface area contributed by atoms with Crippen molar-refractivity contribution in [3.05, 3.63) is 28.7 Å². The van der Waals surface area contributed by atoms with Crippen molar-refractivity contribution in [2.45, 2.75) is 57.9 Å². The van der Waals surface area contributed by atoms with Gasteiger partial charge in [-0.1, -0.05) is 6.42 Å². The molecule has 1 aliphatic heterocycles. The Labute approximate surface area is 119 Å². The molecule has 1 unspecified atom stereocenters. The van der Waals surface area contributed by atoms with Gasteiger partial charge in [0, 0.05) is 17.7 Å². The SMILES string of the molecule is Cc1nc2cc(C3CCCCN3)nn2c(C2CC2)c1C. The number of hydrogen-bond acceptors (Lipinski definition) is 3. The van der Waals surface area contributed by atoms with E-state index in [1.54, 1.807) is 0 Å². The van der Waals surface area contributed by atoms with Gasteiger partial charge in [-0.2, -0.15) is 5.10 Å². The number of aryl methyl sites for hydroxylation is 1. The average Bonchev–Trinajstić information content (AvgIpc) is 3.21. The van der Waals surface area contributed by atoms with E-state index in [-0.39, 0.29) is 0 Å². The van der Waals surface area contributed by atoms with E-state index >= 15 is 0 Å². The van der Waals surface area contributed by atoms with Crippen LogP contribution in [0.3, 0.4) is 0 Å². The summed E-state index contributed by atoms with van der Waals surface area (Å²) in [6, 6.07) is 2.60. The smallest absolute Gasteiger partial charge is 0.155 e. The van der Waals surface area contributed by atoms with E-state index in [1.807, 2.05) is 0 Å². The van der Waals surface area contributed by atoms with Crippen LogP contribution in [0, 0.1) is 13.8 Å². The monoisotopic (exact) mass is 270 g/mol. The van der Waals surface area contributed by atoms with Crippen LogP contribution >= 0.6 is 0 Å². The minimum atomic E-state index is 0.415. The Bertz CT molecular complexity index is 648. The molecule has 2 aromatic rings. The summed E-state index contributed by atoms with van der Waals surface area (Å²) in [6.07, 6.45) is 6.38. The molecule has 0 amide bonds. The largest absolute Gasteiger partial charge is 0.309 e. The highest BCUT2D eigenvalue weighted by atomic mass is 15.3. The van der Waals surface area contributed by atoms with Crippen molar-refractivity contribution in [3.8, 4) is 0 Å². The molecule has 0 radical (unpaired) electrons. The van der Waals surface area contributed by atoms with E-state index in [9.17, 15) is 0 Å². The molecule has 1 saturated heterocycles. The predicted octanol–water partition coefficient (Wildman–Crippen LogP) is 3.04. The first-order valence-electron chi connectivity index (χ1n) is 7.84. The van der Waals surface area contributed by atoms with E-state index in [1.165, 1.54) is 49.1 Å². The van der Waals surface area contributed by atoms with Crippen molar-refractivity contribution in [3.63, 3.8) is 0 Å². The Balaban J connectivity index is 1.83. The van der Waals surface area contributed by atoms with Gasteiger partial charge >= 0.3 is 0 Å². The van der Waals surface area contributed by atoms with E-state index in [2.05, 4.69) is 29.7 Å². The summed E-state index contributed by atoms with van der Waals surface area (Å²) in [4.78, 5) is 4.73. The Hall–Kier alpha value is -1.42. The highest BCUT2D eigenvalue weighted by molar-refractivity contribution is 5.46. The number of nitrogens with zero attached hydrogens (tertiary/aromatic N) is 3. The van der Waals surface area contributed by atoms with Gasteiger partial charge in [0.25, 0.3) is 0 Å². The summed E-state index contributed by atoms with van der Waals surface area (Å²) in [5.74, 6) is 0.700. The molecule has 2 fully saturated rings. The topological polar surface area (TPSA) is 42.2 Å². The van der Waals surface area contributed by atoms with Gasteiger partial charge in [0.2, 0.25) is 0 Å². The van der Waals surface area contributed by atoms with Gasteiger partial charge in [0.05, 0.1) is 17.4 Å². The molecular weight excluding hydrogens is 248 g/mol. The van der Waals surface area contributed by atoms with Crippen LogP contribution in [-0.2, 0) is 0 Å². The minimum Gasteiger partial charge on any atom is -0.309 e. The lowest BCUT2D eigenvalue weighted by Crippen LogP contribution is -2.27. The van der Waals surface area contributed by atoms with Crippen molar-refractivity contribution in [2.75, 3.05) is 6.54 Å². The van der Waals surface area contributed by atoms with Gasteiger partial charge in [0.15, 0.2) is 5.65 Å². The summed E-state index contributed by atoms with van der Waals surface area (Å²) in [6.45, 7) is 5.42. The molecule has 106 valence electrons. The van der Waals surface area contributed by atoms with E-state index in [0.717, 1.165) is 17.9 Å². The maximum atomic E-state index is 4.89. The Kier molecular flexibility index (Phi) is 2.81. The molecule has 4 heteroatoms. The first-order valence-corrected chi connectivity index (χ1v) is 7.84. The molecule has 0 spiro atoms. The standard InChI is InChI=1S/C16H22N4/c1-10-11(2)18-15-9-14(13-5-3-4-8-17-13)19-20(15)16(10)12-6-7-12/h9,12-13,17H,3-8H2,1-2H3. The third-order valence-electron chi connectivity index (χ3n) is 4.78. The third-order valence-corrected chi connectivity index (χ3v) is 4.78. The van der Waals surface area contributed by atoms with Gasteiger partial charge in [-0.15, -0.1) is 0 Å². The van der Waals surface area contributed by atoms with Crippen molar-refractivity contribution in [2.24, 2.45) is 0 Å². The molecule has 0 aromatic carbocycles. The summed E-state index contributed by atoms with van der Waals surface area (Å²) < 4.78 is 2.12. The fourth-order valence-electron chi connectivity index (χ4n) is 3.36. The van der Waals surface area contributed by atoms with Gasteiger partial charge < -0.3 is 5.32 Å². The Morgan fingerprint density at radius 2 is 2.05 bits per heavy atom. The Morgan fingerprint density at radius 1 is 1.20 bits per heavy atom. The normalized spacial score (nSPS) is 23.4. The number of hydrogen-bond donors (Lipinski definition) is 1. The number of piperidine rings is 1. The molecule has 0 bridgehead atoms. The van der Waals surface area contributed by atoms with E-state index in [4.69, 9.17) is 10.1 Å². The average molecular weight is 270 g/mol. The summed E-state index contributed by atoms with van der Waals surface area (Å²) in [5, 5.41) is 8.48. The van der Waals surface area contributed by atoms with Crippen LogP contribution in [0.2, 0.25) is 0 Å². The second-order valence-electron chi connectivity index (χ2n) is 6.32. The molecule has 3 heterocycles. The molecule has 2 aliphatic rings. The first-order chi connectivity index (χ1) is 9.74. The maximum Gasteiger partial charge on any atom is 0.155 e. The molecule has 1 saturated carbocycles. The summed E-state index contributed by atoms with van der Waals surface area (Å²) in [5.41, 5.74) is 6.07. The van der Waals surface area contributed by atoms with Crippen LogP contribution in [0.4, 0.5) is 0 Å². The lowest BCUT2D eigenvalue weighted by Gasteiger charge is -2.21. The van der Waals surface area contributed by atoms with Crippen molar-refractivity contribution >= 4 is 5.65 Å². The lowest BCUT2D eigenvalue weighted by atomic mass is 10.0. The fraction of sp³-hybridized carbons (Fsp3) is 0.625. The quantitative estimate of drug-likeness (QED) is 0.912. The van der Waals surface area contributed by atoms with Crippen LogP contribution in [0.1, 0.15) is 66.7 Å². The first kappa shape index (κ1) is 12.3. The van der Waals surface area contributed by atoms with Crippen LogP contribution < -0.4 is 5.32 Å². The minimum absolute atomic E-state index is 0.415. The zero-order chi connectivity index (χ0) is 13.7. The highest BCUT2D eigenvalue weighted by Gasteiger charge is 2.30. The molecule has 4 rings (SSSR count). The molecule has 2 aromatic heterocycles. The van der Waals surface area contributed by atoms with Gasteiger partial charge in [-0.05, 0) is 51.6 Å². The number of nitrogens with one attached hydrogen (secondary N) is 1.